The fraction of sp³-hybridized carbons (Fsp3) is 0.600. The molecule has 0 saturated carbocycles. The summed E-state index contributed by atoms with van der Waals surface area (Å²) >= 11 is 3.69. The maximum Gasteiger partial charge on any atom is 0.0210 e. The van der Waals surface area contributed by atoms with Gasteiger partial charge < -0.3 is 5.32 Å². The van der Waals surface area contributed by atoms with Gasteiger partial charge in [0.1, 0.15) is 0 Å². The minimum Gasteiger partial charge on any atom is -0.316 e. The molecule has 0 radical (unpaired) electrons. The van der Waals surface area contributed by atoms with Crippen LogP contribution < -0.4 is 5.32 Å². The van der Waals surface area contributed by atoms with Crippen molar-refractivity contribution < 1.29 is 0 Å². The van der Waals surface area contributed by atoms with E-state index in [2.05, 4.69) is 66.3 Å². The minimum atomic E-state index is 0.612. The molecule has 1 nitrogen and oxygen atoms in total. The molecule has 2 heteroatoms. The molecule has 0 spiro atoms. The van der Waals surface area contributed by atoms with Gasteiger partial charge in [0.05, 0.1) is 0 Å². The van der Waals surface area contributed by atoms with E-state index < -0.39 is 0 Å². The Morgan fingerprint density at radius 2 is 1.76 bits per heavy atom. The quantitative estimate of drug-likeness (QED) is 0.777. The van der Waals surface area contributed by atoms with Gasteiger partial charge >= 0.3 is 0 Å². The normalized spacial score (nSPS) is 13.0. The zero-order chi connectivity index (χ0) is 12.7. The fourth-order valence-corrected chi connectivity index (χ4v) is 3.04. The Labute approximate surface area is 114 Å². The summed E-state index contributed by atoms with van der Waals surface area (Å²) in [6, 6.07) is 8.63. The van der Waals surface area contributed by atoms with Crippen molar-refractivity contribution in [1.82, 2.24) is 5.32 Å². The van der Waals surface area contributed by atoms with Crippen molar-refractivity contribution in [2.45, 2.75) is 39.5 Å². The summed E-state index contributed by atoms with van der Waals surface area (Å²) in [4.78, 5) is 0. The Kier molecular flexibility index (Phi) is 6.83. The van der Waals surface area contributed by atoms with Crippen LogP contribution in [0.4, 0.5) is 0 Å². The molecule has 0 aromatic heterocycles. The van der Waals surface area contributed by atoms with E-state index in [-0.39, 0.29) is 0 Å². The third-order valence-electron chi connectivity index (χ3n) is 3.54. The molecular weight excluding hydrogens is 274 g/mol. The van der Waals surface area contributed by atoms with Gasteiger partial charge in [-0.15, -0.1) is 0 Å². The van der Waals surface area contributed by atoms with Gasteiger partial charge in [0.2, 0.25) is 0 Å². The lowest BCUT2D eigenvalue weighted by molar-refractivity contribution is 0.381. The van der Waals surface area contributed by atoms with Crippen molar-refractivity contribution in [2.75, 3.05) is 13.1 Å². The highest BCUT2D eigenvalue weighted by Gasteiger charge is 2.21. The molecule has 0 aliphatic carbocycles. The zero-order valence-corrected chi connectivity index (χ0v) is 12.8. The number of nitrogens with one attached hydrogen (secondary N) is 1. The molecular formula is C15H24BrN. The highest BCUT2D eigenvalue weighted by Crippen LogP contribution is 2.33. The Bertz CT molecular complexity index is 320. The van der Waals surface area contributed by atoms with Crippen LogP contribution in [0.15, 0.2) is 28.7 Å². The molecule has 0 aliphatic rings. The van der Waals surface area contributed by atoms with E-state index in [1.54, 1.807) is 0 Å². The first kappa shape index (κ1) is 14.7. The first-order valence-corrected chi connectivity index (χ1v) is 7.48. The largest absolute Gasteiger partial charge is 0.316 e. The van der Waals surface area contributed by atoms with Crippen LogP contribution in [-0.4, -0.2) is 13.1 Å². The van der Waals surface area contributed by atoms with Gasteiger partial charge in [-0.3, -0.25) is 0 Å². The van der Waals surface area contributed by atoms with Crippen molar-refractivity contribution in [3.8, 4) is 0 Å². The lowest BCUT2D eigenvalue weighted by Gasteiger charge is -2.27. The van der Waals surface area contributed by atoms with Crippen LogP contribution in [-0.2, 0) is 0 Å². The zero-order valence-electron chi connectivity index (χ0n) is 11.2. The minimum absolute atomic E-state index is 0.612. The van der Waals surface area contributed by atoms with Gasteiger partial charge in [-0.1, -0.05) is 67.7 Å². The summed E-state index contributed by atoms with van der Waals surface area (Å²) in [5.41, 5.74) is 1.45. The van der Waals surface area contributed by atoms with E-state index >= 15 is 0 Å². The number of rotatable bonds is 7. The fourth-order valence-electron chi connectivity index (χ4n) is 2.46. The van der Waals surface area contributed by atoms with Gasteiger partial charge in [-0.2, -0.15) is 0 Å². The SMILES string of the molecule is CCNCC(c1ccccc1Br)C(CC)CC. The topological polar surface area (TPSA) is 12.0 Å². The van der Waals surface area contributed by atoms with Gasteiger partial charge in [0.15, 0.2) is 0 Å². The molecule has 1 atom stereocenters. The maximum atomic E-state index is 3.69. The first-order valence-electron chi connectivity index (χ1n) is 6.69. The molecule has 0 bridgehead atoms. The van der Waals surface area contributed by atoms with Crippen LogP contribution >= 0.6 is 15.9 Å². The van der Waals surface area contributed by atoms with Crippen molar-refractivity contribution >= 4 is 15.9 Å². The summed E-state index contributed by atoms with van der Waals surface area (Å²) in [6.45, 7) is 8.88. The van der Waals surface area contributed by atoms with Gasteiger partial charge in [-0.05, 0) is 24.1 Å². The molecule has 17 heavy (non-hydrogen) atoms. The number of hydrogen-bond donors (Lipinski definition) is 1. The van der Waals surface area contributed by atoms with Crippen LogP contribution in [0.25, 0.3) is 0 Å². The highest BCUT2D eigenvalue weighted by molar-refractivity contribution is 9.10. The van der Waals surface area contributed by atoms with E-state index in [1.165, 1.54) is 22.9 Å². The Hall–Kier alpha value is -0.340. The monoisotopic (exact) mass is 297 g/mol. The first-order chi connectivity index (χ1) is 8.24. The number of benzene rings is 1. The number of likely N-dealkylation sites (N-methyl/N-ethyl adjacent to an activating group) is 1. The Morgan fingerprint density at radius 3 is 2.29 bits per heavy atom. The van der Waals surface area contributed by atoms with E-state index in [0.717, 1.165) is 19.0 Å². The molecule has 96 valence electrons. The lowest BCUT2D eigenvalue weighted by Crippen LogP contribution is -2.26. The second kappa shape index (κ2) is 7.88. The molecule has 1 N–H and O–H groups in total. The molecule has 1 unspecified atom stereocenters. The van der Waals surface area contributed by atoms with Crippen molar-refractivity contribution in [3.05, 3.63) is 34.3 Å². The average Bonchev–Trinajstić information content (AvgIpc) is 2.36. The Balaban J connectivity index is 2.92. The summed E-state index contributed by atoms with van der Waals surface area (Å²) in [6.07, 6.45) is 2.49. The van der Waals surface area contributed by atoms with Crippen LogP contribution in [0.3, 0.4) is 0 Å². The summed E-state index contributed by atoms with van der Waals surface area (Å²) < 4.78 is 1.25. The predicted molar refractivity (Wildman–Crippen MR) is 79.5 cm³/mol. The molecule has 1 aromatic rings. The third-order valence-corrected chi connectivity index (χ3v) is 4.26. The lowest BCUT2D eigenvalue weighted by atomic mass is 9.82. The maximum absolute atomic E-state index is 3.69. The Morgan fingerprint density at radius 1 is 1.12 bits per heavy atom. The number of halogens is 1. The standard InChI is InChI=1S/C15H24BrN/c1-4-12(5-2)14(11-17-6-3)13-9-7-8-10-15(13)16/h7-10,12,14,17H,4-6,11H2,1-3H3. The van der Waals surface area contributed by atoms with Crippen LogP contribution in [0.5, 0.6) is 0 Å². The van der Waals surface area contributed by atoms with Gasteiger partial charge in [-0.25, -0.2) is 0 Å². The third kappa shape index (κ3) is 4.11. The van der Waals surface area contributed by atoms with Crippen molar-refractivity contribution in [1.29, 1.82) is 0 Å². The summed E-state index contributed by atoms with van der Waals surface area (Å²) in [7, 11) is 0. The molecule has 0 saturated heterocycles. The molecule has 1 aromatic carbocycles. The molecule has 0 aliphatic heterocycles. The summed E-state index contributed by atoms with van der Waals surface area (Å²) in [5.74, 6) is 1.37. The van der Waals surface area contributed by atoms with Crippen LogP contribution in [0.1, 0.15) is 45.1 Å². The smallest absolute Gasteiger partial charge is 0.0210 e. The van der Waals surface area contributed by atoms with Crippen molar-refractivity contribution in [2.24, 2.45) is 5.92 Å². The van der Waals surface area contributed by atoms with Gasteiger partial charge in [0.25, 0.3) is 0 Å². The van der Waals surface area contributed by atoms with Crippen molar-refractivity contribution in [3.63, 3.8) is 0 Å². The van der Waals surface area contributed by atoms with E-state index in [1.807, 2.05) is 0 Å². The van der Waals surface area contributed by atoms with E-state index in [9.17, 15) is 0 Å². The molecule has 0 fully saturated rings. The van der Waals surface area contributed by atoms with Gasteiger partial charge in [0, 0.05) is 16.9 Å². The van der Waals surface area contributed by atoms with E-state index in [0.29, 0.717) is 5.92 Å². The molecule has 0 amide bonds. The number of hydrogen-bond acceptors (Lipinski definition) is 1. The average molecular weight is 298 g/mol. The van der Waals surface area contributed by atoms with Crippen LogP contribution in [0.2, 0.25) is 0 Å². The second-order valence-electron chi connectivity index (χ2n) is 4.51. The van der Waals surface area contributed by atoms with E-state index in [4.69, 9.17) is 0 Å². The molecule has 0 heterocycles. The molecule has 1 rings (SSSR count). The predicted octanol–water partition coefficient (Wildman–Crippen LogP) is 4.58. The summed E-state index contributed by atoms with van der Waals surface area (Å²) in [5, 5.41) is 3.50. The second-order valence-corrected chi connectivity index (χ2v) is 5.37. The van der Waals surface area contributed by atoms with Crippen LogP contribution in [0, 0.1) is 5.92 Å². The highest BCUT2D eigenvalue weighted by atomic mass is 79.9.